The second-order valence-corrected chi connectivity index (χ2v) is 2.42. The van der Waals surface area contributed by atoms with E-state index >= 15 is 0 Å². The van der Waals surface area contributed by atoms with Crippen molar-refractivity contribution in [2.45, 2.75) is 19.4 Å². The summed E-state index contributed by atoms with van der Waals surface area (Å²) in [5.74, 6) is 0. The molecule has 1 heterocycles. The molecule has 1 unspecified atom stereocenters. The molecule has 0 aromatic carbocycles. The Labute approximate surface area is 66.2 Å². The van der Waals surface area contributed by atoms with Crippen LogP contribution in [0.2, 0.25) is 0 Å². The van der Waals surface area contributed by atoms with Gasteiger partial charge < -0.3 is 4.74 Å². The van der Waals surface area contributed by atoms with Crippen molar-refractivity contribution in [3.63, 3.8) is 0 Å². The number of hydrogen-bond donors (Lipinski definition) is 0. The van der Waals surface area contributed by atoms with E-state index in [9.17, 15) is 0 Å². The number of aromatic nitrogens is 3. The van der Waals surface area contributed by atoms with Crippen molar-refractivity contribution in [3.05, 3.63) is 11.9 Å². The maximum Gasteiger partial charge on any atom is 0.100 e. The molecule has 0 N–H and O–H groups in total. The number of nitrogens with zero attached hydrogens (tertiary/aromatic N) is 3. The molecule has 62 valence electrons. The smallest absolute Gasteiger partial charge is 0.100 e. The third-order valence-corrected chi connectivity index (χ3v) is 1.73. The van der Waals surface area contributed by atoms with Crippen LogP contribution in [-0.4, -0.2) is 22.1 Å². The van der Waals surface area contributed by atoms with E-state index in [4.69, 9.17) is 4.74 Å². The first-order valence-corrected chi connectivity index (χ1v) is 3.67. The predicted molar refractivity (Wildman–Crippen MR) is 41.0 cm³/mol. The monoisotopic (exact) mass is 155 g/mol. The Hall–Kier alpha value is -0.900. The van der Waals surface area contributed by atoms with Crippen LogP contribution in [0.4, 0.5) is 0 Å². The van der Waals surface area contributed by atoms with Crippen LogP contribution in [0.1, 0.15) is 25.1 Å². The number of rotatable bonds is 3. The van der Waals surface area contributed by atoms with E-state index in [0.29, 0.717) is 0 Å². The van der Waals surface area contributed by atoms with Crippen LogP contribution in [0.15, 0.2) is 6.20 Å². The fraction of sp³-hybridized carbons (Fsp3) is 0.714. The van der Waals surface area contributed by atoms with E-state index in [2.05, 4.69) is 17.2 Å². The predicted octanol–water partition coefficient (Wildman–Crippen LogP) is 0.913. The van der Waals surface area contributed by atoms with Crippen LogP contribution in [0.3, 0.4) is 0 Å². The topological polar surface area (TPSA) is 39.9 Å². The SMILES string of the molecule is CCC(OC)c1cnnn1C. The third kappa shape index (κ3) is 1.57. The highest BCUT2D eigenvalue weighted by atomic mass is 16.5. The van der Waals surface area contributed by atoms with Crippen LogP contribution in [0.25, 0.3) is 0 Å². The first kappa shape index (κ1) is 8.20. The van der Waals surface area contributed by atoms with E-state index in [1.807, 2.05) is 7.05 Å². The van der Waals surface area contributed by atoms with Gasteiger partial charge in [-0.25, -0.2) is 4.68 Å². The summed E-state index contributed by atoms with van der Waals surface area (Å²) in [6.45, 7) is 2.07. The summed E-state index contributed by atoms with van der Waals surface area (Å²) in [4.78, 5) is 0. The zero-order valence-electron chi connectivity index (χ0n) is 7.11. The molecule has 0 amide bonds. The highest BCUT2D eigenvalue weighted by Gasteiger charge is 2.11. The van der Waals surface area contributed by atoms with E-state index in [1.165, 1.54) is 0 Å². The van der Waals surface area contributed by atoms with Crippen LogP contribution in [-0.2, 0) is 11.8 Å². The van der Waals surface area contributed by atoms with Crippen LogP contribution < -0.4 is 0 Å². The fourth-order valence-electron chi connectivity index (χ4n) is 1.09. The van der Waals surface area contributed by atoms with Gasteiger partial charge in [-0.1, -0.05) is 12.1 Å². The summed E-state index contributed by atoms with van der Waals surface area (Å²) < 4.78 is 6.96. The fourth-order valence-corrected chi connectivity index (χ4v) is 1.09. The van der Waals surface area contributed by atoms with Crippen molar-refractivity contribution in [1.82, 2.24) is 15.0 Å². The van der Waals surface area contributed by atoms with E-state index < -0.39 is 0 Å². The Kier molecular flexibility index (Phi) is 2.59. The first-order valence-electron chi connectivity index (χ1n) is 3.67. The van der Waals surface area contributed by atoms with Gasteiger partial charge in [0, 0.05) is 14.2 Å². The Bertz CT molecular complexity index is 217. The summed E-state index contributed by atoms with van der Waals surface area (Å²) in [7, 11) is 3.56. The molecule has 0 saturated heterocycles. The van der Waals surface area contributed by atoms with Gasteiger partial charge in [-0.05, 0) is 6.42 Å². The Morgan fingerprint density at radius 2 is 2.45 bits per heavy atom. The van der Waals surface area contributed by atoms with Gasteiger partial charge in [-0.3, -0.25) is 0 Å². The van der Waals surface area contributed by atoms with Gasteiger partial charge in [0.1, 0.15) is 6.10 Å². The van der Waals surface area contributed by atoms with Crippen molar-refractivity contribution < 1.29 is 4.74 Å². The van der Waals surface area contributed by atoms with Crippen molar-refractivity contribution in [2.24, 2.45) is 7.05 Å². The van der Waals surface area contributed by atoms with Gasteiger partial charge in [0.25, 0.3) is 0 Å². The number of hydrogen-bond acceptors (Lipinski definition) is 3. The lowest BCUT2D eigenvalue weighted by atomic mass is 10.2. The van der Waals surface area contributed by atoms with Gasteiger partial charge in [-0.15, -0.1) is 5.10 Å². The standard InChI is InChI=1S/C7H13N3O/c1-4-7(11-3)6-5-8-9-10(6)2/h5,7H,4H2,1-3H3. The Morgan fingerprint density at radius 1 is 1.73 bits per heavy atom. The second kappa shape index (κ2) is 3.48. The lowest BCUT2D eigenvalue weighted by molar-refractivity contribution is 0.0931. The molecule has 0 aliphatic rings. The molecular formula is C7H13N3O. The molecule has 0 radical (unpaired) electrons. The highest BCUT2D eigenvalue weighted by molar-refractivity contribution is 4.98. The normalized spacial score (nSPS) is 13.4. The van der Waals surface area contributed by atoms with Crippen molar-refractivity contribution in [3.8, 4) is 0 Å². The Balaban J connectivity index is 2.81. The summed E-state index contributed by atoms with van der Waals surface area (Å²) in [6.07, 6.45) is 2.80. The minimum Gasteiger partial charge on any atom is -0.375 e. The second-order valence-electron chi connectivity index (χ2n) is 2.42. The molecule has 11 heavy (non-hydrogen) atoms. The average molecular weight is 155 g/mol. The minimum absolute atomic E-state index is 0.120. The highest BCUT2D eigenvalue weighted by Crippen LogP contribution is 2.17. The first-order chi connectivity index (χ1) is 5.29. The zero-order valence-corrected chi connectivity index (χ0v) is 7.11. The van der Waals surface area contributed by atoms with E-state index in [-0.39, 0.29) is 6.10 Å². The molecule has 1 aromatic heterocycles. The lowest BCUT2D eigenvalue weighted by Crippen LogP contribution is -2.06. The van der Waals surface area contributed by atoms with Crippen LogP contribution >= 0.6 is 0 Å². The molecule has 0 fully saturated rings. The van der Waals surface area contributed by atoms with E-state index in [1.54, 1.807) is 18.0 Å². The molecule has 1 rings (SSSR count). The number of ether oxygens (including phenoxy) is 1. The maximum atomic E-state index is 5.22. The van der Waals surface area contributed by atoms with Gasteiger partial charge in [-0.2, -0.15) is 0 Å². The average Bonchev–Trinajstić information content (AvgIpc) is 2.40. The summed E-state index contributed by atoms with van der Waals surface area (Å²) >= 11 is 0. The van der Waals surface area contributed by atoms with E-state index in [0.717, 1.165) is 12.1 Å². The molecule has 0 spiro atoms. The van der Waals surface area contributed by atoms with Gasteiger partial charge >= 0.3 is 0 Å². The molecule has 4 nitrogen and oxygen atoms in total. The lowest BCUT2D eigenvalue weighted by Gasteiger charge is -2.11. The number of aryl methyl sites for hydroxylation is 1. The molecular weight excluding hydrogens is 142 g/mol. The van der Waals surface area contributed by atoms with Crippen LogP contribution in [0, 0.1) is 0 Å². The van der Waals surface area contributed by atoms with Crippen molar-refractivity contribution in [1.29, 1.82) is 0 Å². The minimum atomic E-state index is 0.120. The molecule has 0 aliphatic carbocycles. The summed E-state index contributed by atoms with van der Waals surface area (Å²) in [5.41, 5.74) is 1.02. The molecule has 1 atom stereocenters. The largest absolute Gasteiger partial charge is 0.375 e. The Morgan fingerprint density at radius 3 is 2.82 bits per heavy atom. The summed E-state index contributed by atoms with van der Waals surface area (Å²) in [5, 5.41) is 7.59. The van der Waals surface area contributed by atoms with Gasteiger partial charge in [0.05, 0.1) is 11.9 Å². The third-order valence-electron chi connectivity index (χ3n) is 1.73. The van der Waals surface area contributed by atoms with Crippen LogP contribution in [0.5, 0.6) is 0 Å². The van der Waals surface area contributed by atoms with Crippen molar-refractivity contribution in [2.75, 3.05) is 7.11 Å². The molecule has 0 saturated carbocycles. The molecule has 4 heteroatoms. The zero-order chi connectivity index (χ0) is 8.27. The summed E-state index contributed by atoms with van der Waals surface area (Å²) in [6, 6.07) is 0. The maximum absolute atomic E-state index is 5.22. The molecule has 0 bridgehead atoms. The molecule has 1 aromatic rings. The van der Waals surface area contributed by atoms with Crippen molar-refractivity contribution >= 4 is 0 Å². The van der Waals surface area contributed by atoms with Gasteiger partial charge in [0.2, 0.25) is 0 Å². The number of methoxy groups -OCH3 is 1. The quantitative estimate of drug-likeness (QED) is 0.651. The molecule has 0 aliphatic heterocycles. The van der Waals surface area contributed by atoms with Gasteiger partial charge in [0.15, 0.2) is 0 Å².